The molecule has 1 amide bonds. The Morgan fingerprint density at radius 3 is 2.26 bits per heavy atom. The van der Waals surface area contributed by atoms with Crippen molar-refractivity contribution in [3.05, 3.63) is 82.1 Å². The summed E-state index contributed by atoms with van der Waals surface area (Å²) in [7, 11) is 0. The van der Waals surface area contributed by atoms with E-state index < -0.39 is 0 Å². The molecule has 0 aliphatic heterocycles. The number of amides is 1. The number of halogens is 1. The lowest BCUT2D eigenvalue weighted by molar-refractivity contribution is 0.102. The van der Waals surface area contributed by atoms with Crippen molar-refractivity contribution in [3.63, 3.8) is 0 Å². The largest absolute Gasteiger partial charge is 0.354 e. The molecule has 0 fully saturated rings. The molecule has 0 saturated heterocycles. The quantitative estimate of drug-likeness (QED) is 0.653. The minimum Gasteiger partial charge on any atom is -0.354 e. The van der Waals surface area contributed by atoms with Gasteiger partial charge in [0.1, 0.15) is 0 Å². The number of benzene rings is 2. The van der Waals surface area contributed by atoms with Crippen molar-refractivity contribution in [1.82, 2.24) is 9.97 Å². The van der Waals surface area contributed by atoms with Crippen LogP contribution in [-0.4, -0.2) is 22.4 Å². The molecule has 0 bridgehead atoms. The Morgan fingerprint density at radius 1 is 1.00 bits per heavy atom. The van der Waals surface area contributed by atoms with Crippen LogP contribution in [0.1, 0.15) is 27.0 Å². The lowest BCUT2D eigenvalue weighted by Crippen LogP contribution is -2.14. The molecule has 27 heavy (non-hydrogen) atoms. The van der Waals surface area contributed by atoms with Gasteiger partial charge < -0.3 is 10.6 Å². The molecule has 6 heteroatoms. The van der Waals surface area contributed by atoms with Gasteiger partial charge in [-0.3, -0.25) is 4.79 Å². The van der Waals surface area contributed by atoms with Crippen LogP contribution in [0.5, 0.6) is 0 Å². The van der Waals surface area contributed by atoms with Gasteiger partial charge in [0.15, 0.2) is 0 Å². The summed E-state index contributed by atoms with van der Waals surface area (Å²) >= 11 is 5.88. The number of carbonyl (C=O) groups excluding carboxylic acids is 1. The molecule has 3 aromatic rings. The molecule has 2 N–H and O–H groups in total. The second kappa shape index (κ2) is 8.64. The summed E-state index contributed by atoms with van der Waals surface area (Å²) < 4.78 is 0. The van der Waals surface area contributed by atoms with E-state index in [1.807, 2.05) is 50.2 Å². The van der Waals surface area contributed by atoms with Crippen LogP contribution in [0.2, 0.25) is 5.02 Å². The molecule has 2 aromatic carbocycles. The molecule has 138 valence electrons. The van der Waals surface area contributed by atoms with Gasteiger partial charge in [0.05, 0.1) is 5.56 Å². The second-order valence-electron chi connectivity index (χ2n) is 6.43. The summed E-state index contributed by atoms with van der Waals surface area (Å²) in [5.41, 5.74) is 4.56. The van der Waals surface area contributed by atoms with E-state index in [-0.39, 0.29) is 5.91 Å². The van der Waals surface area contributed by atoms with Crippen LogP contribution >= 0.6 is 11.6 Å². The van der Waals surface area contributed by atoms with E-state index in [0.29, 0.717) is 18.1 Å². The third-order valence-corrected chi connectivity index (χ3v) is 4.26. The van der Waals surface area contributed by atoms with Crippen LogP contribution in [-0.2, 0) is 6.42 Å². The third kappa shape index (κ3) is 5.53. The monoisotopic (exact) mass is 380 g/mol. The van der Waals surface area contributed by atoms with Crippen molar-refractivity contribution in [1.29, 1.82) is 0 Å². The first kappa shape index (κ1) is 18.9. The number of anilines is 2. The van der Waals surface area contributed by atoms with E-state index in [1.54, 1.807) is 0 Å². The van der Waals surface area contributed by atoms with Gasteiger partial charge in [-0.2, -0.15) is 0 Å². The lowest BCUT2D eigenvalue weighted by Gasteiger charge is -2.08. The maximum absolute atomic E-state index is 12.4. The van der Waals surface area contributed by atoms with Crippen LogP contribution in [0, 0.1) is 13.8 Å². The van der Waals surface area contributed by atoms with Gasteiger partial charge in [-0.15, -0.1) is 0 Å². The van der Waals surface area contributed by atoms with Crippen molar-refractivity contribution in [3.8, 4) is 0 Å². The Labute approximate surface area is 163 Å². The molecule has 0 unspecified atom stereocenters. The molecule has 0 spiro atoms. The Kier molecular flexibility index (Phi) is 6.04. The number of hydrogen-bond donors (Lipinski definition) is 2. The van der Waals surface area contributed by atoms with Crippen LogP contribution in [0.25, 0.3) is 0 Å². The first-order valence-electron chi connectivity index (χ1n) is 8.69. The average molecular weight is 381 g/mol. The van der Waals surface area contributed by atoms with Crippen LogP contribution < -0.4 is 10.6 Å². The Morgan fingerprint density at radius 2 is 1.63 bits per heavy atom. The van der Waals surface area contributed by atoms with Crippen molar-refractivity contribution in [2.75, 3.05) is 17.2 Å². The minimum atomic E-state index is -0.229. The maximum Gasteiger partial charge on any atom is 0.258 e. The van der Waals surface area contributed by atoms with E-state index in [2.05, 4.69) is 26.7 Å². The number of carbonyl (C=O) groups is 1. The standard InChI is InChI=1S/C21H21ClN4O/c1-14-9-15(2)11-19(10-14)26-20(27)17-12-24-21(25-13-17)23-8-7-16-3-5-18(22)6-4-16/h3-6,9-13H,7-8H2,1-2H3,(H,26,27)(H,23,24,25). The second-order valence-corrected chi connectivity index (χ2v) is 6.87. The van der Waals surface area contributed by atoms with Gasteiger partial charge in [0, 0.05) is 29.6 Å². The molecule has 0 aliphatic carbocycles. The molecule has 0 saturated carbocycles. The van der Waals surface area contributed by atoms with E-state index in [1.165, 1.54) is 18.0 Å². The number of aromatic nitrogens is 2. The molecule has 3 rings (SSSR count). The van der Waals surface area contributed by atoms with Gasteiger partial charge in [-0.05, 0) is 61.2 Å². The smallest absolute Gasteiger partial charge is 0.258 e. The summed E-state index contributed by atoms with van der Waals surface area (Å²) in [5, 5.41) is 6.76. The van der Waals surface area contributed by atoms with Gasteiger partial charge in [-0.1, -0.05) is 29.8 Å². The summed E-state index contributed by atoms with van der Waals surface area (Å²) in [4.78, 5) is 20.8. The van der Waals surface area contributed by atoms with Crippen molar-refractivity contribution < 1.29 is 4.79 Å². The summed E-state index contributed by atoms with van der Waals surface area (Å²) in [5.74, 6) is 0.264. The first-order valence-corrected chi connectivity index (χ1v) is 9.07. The SMILES string of the molecule is Cc1cc(C)cc(NC(=O)c2cnc(NCCc3ccc(Cl)cc3)nc2)c1. The van der Waals surface area contributed by atoms with E-state index in [0.717, 1.165) is 28.3 Å². The van der Waals surface area contributed by atoms with Crippen molar-refractivity contribution >= 4 is 29.1 Å². The molecule has 0 atom stereocenters. The number of hydrogen-bond acceptors (Lipinski definition) is 4. The van der Waals surface area contributed by atoms with Gasteiger partial charge in [-0.25, -0.2) is 9.97 Å². The van der Waals surface area contributed by atoms with Crippen LogP contribution in [0.3, 0.4) is 0 Å². The van der Waals surface area contributed by atoms with E-state index in [4.69, 9.17) is 11.6 Å². The summed E-state index contributed by atoms with van der Waals surface area (Å²) in [6.45, 7) is 4.68. The van der Waals surface area contributed by atoms with Crippen molar-refractivity contribution in [2.24, 2.45) is 0 Å². The molecule has 0 aliphatic rings. The molecule has 0 radical (unpaired) electrons. The minimum absolute atomic E-state index is 0.229. The first-order chi connectivity index (χ1) is 13.0. The molecule has 5 nitrogen and oxygen atoms in total. The molecular weight excluding hydrogens is 360 g/mol. The zero-order valence-electron chi connectivity index (χ0n) is 15.3. The van der Waals surface area contributed by atoms with Crippen molar-refractivity contribution in [2.45, 2.75) is 20.3 Å². The topological polar surface area (TPSA) is 66.9 Å². The van der Waals surface area contributed by atoms with Crippen LogP contribution in [0.4, 0.5) is 11.6 Å². The molecule has 1 aromatic heterocycles. The van der Waals surface area contributed by atoms with Gasteiger partial charge >= 0.3 is 0 Å². The maximum atomic E-state index is 12.4. The van der Waals surface area contributed by atoms with Crippen LogP contribution in [0.15, 0.2) is 54.9 Å². The predicted molar refractivity (Wildman–Crippen MR) is 110 cm³/mol. The Bertz CT molecular complexity index is 904. The number of nitrogens with one attached hydrogen (secondary N) is 2. The van der Waals surface area contributed by atoms with E-state index in [9.17, 15) is 4.79 Å². The van der Waals surface area contributed by atoms with Gasteiger partial charge in [0.25, 0.3) is 5.91 Å². The predicted octanol–water partition coefficient (Wildman–Crippen LogP) is 4.65. The van der Waals surface area contributed by atoms with E-state index >= 15 is 0 Å². The molecule has 1 heterocycles. The highest BCUT2D eigenvalue weighted by atomic mass is 35.5. The van der Waals surface area contributed by atoms with Gasteiger partial charge in [0.2, 0.25) is 5.95 Å². The number of aryl methyl sites for hydroxylation is 2. The Hall–Kier alpha value is -2.92. The summed E-state index contributed by atoms with van der Waals surface area (Å²) in [6, 6.07) is 13.6. The number of rotatable bonds is 6. The fourth-order valence-electron chi connectivity index (χ4n) is 2.76. The fraction of sp³-hybridized carbons (Fsp3) is 0.190. The zero-order chi connectivity index (χ0) is 19.2. The fourth-order valence-corrected chi connectivity index (χ4v) is 2.88. The molecular formula is C21H21ClN4O. The third-order valence-electron chi connectivity index (χ3n) is 4.00. The lowest BCUT2D eigenvalue weighted by atomic mass is 10.1. The summed E-state index contributed by atoms with van der Waals surface area (Å²) in [6.07, 6.45) is 3.88. The highest BCUT2D eigenvalue weighted by molar-refractivity contribution is 6.30. The normalized spacial score (nSPS) is 10.5. The average Bonchev–Trinajstić information content (AvgIpc) is 2.63. The highest BCUT2D eigenvalue weighted by Crippen LogP contribution is 2.15. The zero-order valence-corrected chi connectivity index (χ0v) is 16.0. The number of nitrogens with zero attached hydrogens (tertiary/aromatic N) is 2. The highest BCUT2D eigenvalue weighted by Gasteiger charge is 2.08. The Balaban J connectivity index is 1.54.